The third kappa shape index (κ3) is 6.06. The summed E-state index contributed by atoms with van der Waals surface area (Å²) >= 11 is 0. The molecule has 1 unspecified atom stereocenters. The molecule has 4 heterocycles. The summed E-state index contributed by atoms with van der Waals surface area (Å²) in [5.74, 6) is -0.971. The van der Waals surface area contributed by atoms with Crippen molar-refractivity contribution in [3.63, 3.8) is 0 Å². The minimum absolute atomic E-state index is 0. The molecule has 14 heteroatoms. The number of hydrogen-bond acceptors (Lipinski definition) is 9. The fourth-order valence-electron chi connectivity index (χ4n) is 6.47. The third-order valence-electron chi connectivity index (χ3n) is 8.89. The lowest BCUT2D eigenvalue weighted by atomic mass is 9.84. The second-order valence-corrected chi connectivity index (χ2v) is 13.2. The normalized spacial score (nSPS) is 20.7. The molecule has 1 aromatic heterocycles. The van der Waals surface area contributed by atoms with E-state index >= 15 is 0 Å². The van der Waals surface area contributed by atoms with E-state index in [1.807, 2.05) is 0 Å². The van der Waals surface area contributed by atoms with E-state index in [-0.39, 0.29) is 46.7 Å². The fourth-order valence-corrected chi connectivity index (χ4v) is 7.87. The van der Waals surface area contributed by atoms with Gasteiger partial charge in [-0.1, -0.05) is 30.3 Å². The van der Waals surface area contributed by atoms with Gasteiger partial charge in [-0.3, -0.25) is 9.69 Å². The number of hydrogen-bond donors (Lipinski definition) is 0. The summed E-state index contributed by atoms with van der Waals surface area (Å²) in [6, 6.07) is 18.1. The van der Waals surface area contributed by atoms with Crippen molar-refractivity contribution in [2.45, 2.75) is 36.4 Å². The van der Waals surface area contributed by atoms with E-state index in [2.05, 4.69) is 27.9 Å². The molecule has 0 spiro atoms. The lowest BCUT2D eigenvalue weighted by Gasteiger charge is -2.42. The molecule has 2 amide bonds. The summed E-state index contributed by atoms with van der Waals surface area (Å²) in [5.41, 5.74) is -0.923. The molecule has 0 radical (unpaired) electrons. The molecule has 6 rings (SSSR count). The molecule has 1 atom stereocenters. The Morgan fingerprint density at radius 1 is 0.957 bits per heavy atom. The zero-order chi connectivity index (χ0) is 31.1. The highest BCUT2D eigenvalue weighted by Gasteiger charge is 2.60. The quantitative estimate of drug-likeness (QED) is 0.392. The number of halogens is 2. The van der Waals surface area contributed by atoms with Crippen LogP contribution < -0.4 is 4.31 Å². The molecular formula is C32H36Cl2N6O5S. The Bertz CT molecular complexity index is 1740. The molecule has 2 aromatic carbocycles. The van der Waals surface area contributed by atoms with Crippen LogP contribution in [0.15, 0.2) is 71.9 Å². The number of ether oxygens (including phenoxy) is 1. The molecule has 3 aromatic rings. The Morgan fingerprint density at radius 3 is 2.26 bits per heavy atom. The molecule has 244 valence electrons. The number of rotatable bonds is 5. The number of fused-ring (bicyclic) bond motifs is 1. The summed E-state index contributed by atoms with van der Waals surface area (Å²) in [5, 5.41) is 9.43. The van der Waals surface area contributed by atoms with Crippen LogP contribution in [0.1, 0.15) is 35.1 Å². The molecular weight excluding hydrogens is 651 g/mol. The standard InChI is InChI=1S/C32H34N6O5S.2ClH/c1-23-7-3-4-8-26(23)32(43-31(40)37-19-17-36(18-20-37)25-12-15-35(2)16-13-25)27-21-24(22-33)10-11-28(27)38(30(32)39)44(41,42)29-9-5-6-14-34-29;;/h3-11,14,21,25H,12-13,15-20H2,1-2H3;2*1H. The van der Waals surface area contributed by atoms with Gasteiger partial charge in [-0.25, -0.2) is 9.78 Å². The number of sulfonamides is 1. The zero-order valence-corrected chi connectivity index (χ0v) is 28.0. The predicted molar refractivity (Wildman–Crippen MR) is 177 cm³/mol. The Kier molecular flexibility index (Phi) is 10.7. The van der Waals surface area contributed by atoms with Gasteiger partial charge in [-0.05, 0) is 75.8 Å². The SMILES string of the molecule is Cc1ccccc1C1(OC(=O)N2CCN(C3CCN(C)CC3)CC2)C(=O)N(S(=O)(=O)c2ccccn2)c2ccc(C#N)cc21.Cl.Cl. The van der Waals surface area contributed by atoms with Gasteiger partial charge >= 0.3 is 6.09 Å². The van der Waals surface area contributed by atoms with Crippen molar-refractivity contribution >= 4 is 52.5 Å². The number of amides is 2. The average Bonchev–Trinajstić information content (AvgIpc) is 3.29. The Labute approximate surface area is 281 Å². The second kappa shape index (κ2) is 13.9. The topological polar surface area (TPSA) is 127 Å². The van der Waals surface area contributed by atoms with Crippen LogP contribution in [0.4, 0.5) is 10.5 Å². The molecule has 11 nitrogen and oxygen atoms in total. The van der Waals surface area contributed by atoms with Gasteiger partial charge < -0.3 is 14.5 Å². The van der Waals surface area contributed by atoms with Crippen molar-refractivity contribution in [1.82, 2.24) is 19.7 Å². The van der Waals surface area contributed by atoms with Crippen LogP contribution >= 0.6 is 24.8 Å². The van der Waals surface area contributed by atoms with Crippen LogP contribution in [-0.4, -0.2) is 92.5 Å². The molecule has 2 fully saturated rings. The molecule has 2 saturated heterocycles. The number of pyridine rings is 1. The monoisotopic (exact) mass is 686 g/mol. The number of piperidine rings is 1. The molecule has 3 aliphatic heterocycles. The van der Waals surface area contributed by atoms with Gasteiger partial charge in [-0.15, -0.1) is 24.8 Å². The summed E-state index contributed by atoms with van der Waals surface area (Å²) in [4.78, 5) is 39.0. The van der Waals surface area contributed by atoms with Gasteiger partial charge in [0.2, 0.25) is 5.60 Å². The smallest absolute Gasteiger partial charge is 0.411 e. The number of piperazine rings is 1. The summed E-state index contributed by atoms with van der Waals surface area (Å²) < 4.78 is 34.9. The highest BCUT2D eigenvalue weighted by molar-refractivity contribution is 7.93. The molecule has 46 heavy (non-hydrogen) atoms. The largest absolute Gasteiger partial charge is 0.422 e. The van der Waals surface area contributed by atoms with Crippen LogP contribution in [0.5, 0.6) is 0 Å². The summed E-state index contributed by atoms with van der Waals surface area (Å²) in [7, 11) is -2.40. The third-order valence-corrected chi connectivity index (χ3v) is 10.5. The first-order valence-corrected chi connectivity index (χ1v) is 16.1. The first kappa shape index (κ1) is 35.1. The molecule has 3 aliphatic rings. The van der Waals surface area contributed by atoms with Crippen molar-refractivity contribution in [1.29, 1.82) is 5.26 Å². The van der Waals surface area contributed by atoms with Crippen molar-refractivity contribution in [2.75, 3.05) is 50.6 Å². The van der Waals surface area contributed by atoms with Crippen LogP contribution in [-0.2, 0) is 25.2 Å². The van der Waals surface area contributed by atoms with Crippen molar-refractivity contribution in [3.8, 4) is 6.07 Å². The van der Waals surface area contributed by atoms with E-state index in [1.165, 1.54) is 36.5 Å². The maximum Gasteiger partial charge on any atom is 0.411 e. The minimum atomic E-state index is -4.52. The van der Waals surface area contributed by atoms with Gasteiger partial charge in [0.05, 0.1) is 17.3 Å². The van der Waals surface area contributed by atoms with Gasteiger partial charge in [0.15, 0.2) is 5.03 Å². The Morgan fingerprint density at radius 2 is 1.63 bits per heavy atom. The Balaban J connectivity index is 0.00000240. The van der Waals surface area contributed by atoms with E-state index in [0.717, 1.165) is 25.9 Å². The first-order chi connectivity index (χ1) is 21.2. The maximum atomic E-state index is 14.7. The zero-order valence-electron chi connectivity index (χ0n) is 25.5. The number of nitrogens with zero attached hydrogens (tertiary/aromatic N) is 6. The van der Waals surface area contributed by atoms with Crippen LogP contribution in [0, 0.1) is 18.3 Å². The molecule has 0 aliphatic carbocycles. The first-order valence-electron chi connectivity index (χ1n) is 14.7. The molecule has 0 bridgehead atoms. The van der Waals surface area contributed by atoms with Gasteiger partial charge in [0.1, 0.15) is 0 Å². The fraction of sp³-hybridized carbons (Fsp3) is 0.375. The highest BCUT2D eigenvalue weighted by atomic mass is 35.5. The van der Waals surface area contributed by atoms with Crippen LogP contribution in [0.25, 0.3) is 0 Å². The van der Waals surface area contributed by atoms with Gasteiger partial charge in [0.25, 0.3) is 15.9 Å². The van der Waals surface area contributed by atoms with Gasteiger partial charge in [-0.2, -0.15) is 18.0 Å². The van der Waals surface area contributed by atoms with Crippen molar-refractivity contribution in [2.24, 2.45) is 0 Å². The summed E-state index contributed by atoms with van der Waals surface area (Å²) in [6.45, 7) is 6.00. The number of aromatic nitrogens is 1. The lowest BCUT2D eigenvalue weighted by molar-refractivity contribution is -0.132. The van der Waals surface area contributed by atoms with E-state index in [1.54, 1.807) is 42.2 Å². The van der Waals surface area contributed by atoms with Crippen molar-refractivity contribution < 1.29 is 22.7 Å². The second-order valence-electron chi connectivity index (χ2n) is 11.5. The lowest BCUT2D eigenvalue weighted by Crippen LogP contribution is -2.55. The number of aryl methyl sites for hydroxylation is 1. The van der Waals surface area contributed by atoms with Gasteiger partial charge in [0, 0.05) is 49.5 Å². The van der Waals surface area contributed by atoms with Crippen LogP contribution in [0.3, 0.4) is 0 Å². The van der Waals surface area contributed by atoms with Crippen LogP contribution in [0.2, 0.25) is 0 Å². The number of nitriles is 1. The van der Waals surface area contributed by atoms with E-state index < -0.39 is 27.6 Å². The Hall–Kier alpha value is -3.73. The minimum Gasteiger partial charge on any atom is -0.422 e. The number of carbonyl (C=O) groups is 2. The number of carbonyl (C=O) groups excluding carboxylic acids is 2. The molecule has 0 saturated carbocycles. The summed E-state index contributed by atoms with van der Waals surface area (Å²) in [6.07, 6.45) is 2.75. The van der Waals surface area contributed by atoms with E-state index in [9.17, 15) is 23.3 Å². The number of anilines is 1. The van der Waals surface area contributed by atoms with E-state index in [0.29, 0.717) is 47.7 Å². The average molecular weight is 688 g/mol. The van der Waals surface area contributed by atoms with E-state index in [4.69, 9.17) is 4.74 Å². The highest BCUT2D eigenvalue weighted by Crippen LogP contribution is 2.50. The van der Waals surface area contributed by atoms with Crippen molar-refractivity contribution in [3.05, 3.63) is 89.1 Å². The number of benzene rings is 2. The predicted octanol–water partition coefficient (Wildman–Crippen LogP) is 3.93. The number of likely N-dealkylation sites (tertiary alicyclic amines) is 1. The molecule has 0 N–H and O–H groups in total. The maximum absolute atomic E-state index is 14.7.